The normalized spacial score (nSPS) is 43.0. The fraction of sp³-hybridized carbons (Fsp3) is 0.873. The van der Waals surface area contributed by atoms with Crippen molar-refractivity contribution in [2.45, 2.75) is 238 Å². The minimum Gasteiger partial charge on any atom is -0.506 e. The van der Waals surface area contributed by atoms with Crippen molar-refractivity contribution in [2.75, 3.05) is 40.1 Å². The predicted molar refractivity (Wildman–Crippen MR) is 283 cm³/mol. The predicted octanol–water partition coefficient (Wildman–Crippen LogP) is -5.71. The van der Waals surface area contributed by atoms with Crippen LogP contribution in [0.1, 0.15) is 91.4 Å². The van der Waals surface area contributed by atoms with Crippen molar-refractivity contribution >= 4 is 5.97 Å². The molecule has 11 unspecified atom stereocenters. The maximum absolute atomic E-state index is 15.4. The molecule has 3 heterocycles. The van der Waals surface area contributed by atoms with E-state index in [1.54, 1.807) is 0 Å². The third kappa shape index (κ3) is 13.6. The molecule has 0 amide bonds. The monoisotopic (exact) mass is 1250 g/mol. The van der Waals surface area contributed by atoms with Crippen LogP contribution in [-0.4, -0.2) is 295 Å². The third-order valence-corrected chi connectivity index (χ3v) is 18.9. The van der Waals surface area contributed by atoms with Gasteiger partial charge < -0.3 is 149 Å². The smallest absolute Gasteiger partial charge is 0.314 e. The second kappa shape index (κ2) is 28.6. The van der Waals surface area contributed by atoms with E-state index in [4.69, 9.17) is 47.4 Å². The minimum absolute atomic E-state index is 0.0258. The quantitative estimate of drug-likeness (QED) is 0.0166. The zero-order valence-corrected chi connectivity index (χ0v) is 48.3. The Morgan fingerprint density at radius 1 is 0.674 bits per heavy atom. The number of ether oxygens (including phenoxy) is 10. The number of aliphatic hydroxyl groups excluding tert-OH is 20. The molecule has 3 saturated heterocycles. The molecule has 0 radical (unpaired) electrons. The lowest BCUT2D eigenvalue weighted by atomic mass is 9.44. The Morgan fingerprint density at radius 3 is 1.91 bits per heavy atom. The molecule has 7 fully saturated rings. The number of hydrogen-bond donors (Lipinski definition) is 20. The summed E-state index contributed by atoms with van der Waals surface area (Å²) in [5, 5.41) is 214. The van der Waals surface area contributed by atoms with Gasteiger partial charge in [0.15, 0.2) is 24.1 Å². The van der Waals surface area contributed by atoms with Gasteiger partial charge in [-0.2, -0.15) is 0 Å². The maximum Gasteiger partial charge on any atom is 0.314 e. The van der Waals surface area contributed by atoms with Crippen LogP contribution in [0.25, 0.3) is 0 Å². The minimum atomic E-state index is -2.77. The molecule has 7 aliphatic rings. The van der Waals surface area contributed by atoms with E-state index in [1.807, 2.05) is 0 Å². The van der Waals surface area contributed by atoms with E-state index in [1.165, 1.54) is 27.9 Å². The first-order valence-corrected chi connectivity index (χ1v) is 29.0. The molecule has 86 heavy (non-hydrogen) atoms. The Labute approximate surface area is 495 Å². The summed E-state index contributed by atoms with van der Waals surface area (Å²) in [5.41, 5.74) is -4.66. The molecule has 20 N–H and O–H groups in total. The zero-order chi connectivity index (χ0) is 63.7. The highest BCUT2D eigenvalue weighted by Gasteiger charge is 2.72. The molecule has 2 bridgehead atoms. The van der Waals surface area contributed by atoms with E-state index in [0.29, 0.717) is 12.0 Å². The number of fused-ring (bicyclic) bond motifs is 3. The van der Waals surface area contributed by atoms with E-state index in [-0.39, 0.29) is 51.4 Å². The van der Waals surface area contributed by atoms with Crippen molar-refractivity contribution in [1.29, 1.82) is 0 Å². The van der Waals surface area contributed by atoms with Gasteiger partial charge in [0, 0.05) is 39.1 Å². The summed E-state index contributed by atoms with van der Waals surface area (Å²) in [5.74, 6) is -7.81. The standard InChI is InChI=1S/C55H90O31/c1-22-17-53-13-7-30-52(4,51(76)85-47(75)45(84-48-41(72)37(68)32(63)23(2)79-48)43(26(61)10-16-57)83-46(74)40(71)35(66)25(60)9-15-56)11-6-12-55(30,86-44-39(70)33(64)24(3)80-50(44)77-5)31(53)8-14-54(22,21-53)78-20-29(34(65)27(62)18-58)82-49-42(73)38(69)36(67)28(19-59)81-49/h23-34,36-39,41-42,44,46-50,56-75H,1,6-21H2,2-5H3/b40-35+,45-43+/t23?,24?,25-,26-,27?,28?,29?,30?,31-,32+,33+,34-,36-,37?,38?,39?,41?,42?,44+,46+,47+,48+,49+,50-,52-,53-,54+,55+/m1/s1. The number of hydrogen-bond acceptors (Lipinski definition) is 31. The highest BCUT2D eigenvalue weighted by molar-refractivity contribution is 5.77. The maximum atomic E-state index is 15.4. The van der Waals surface area contributed by atoms with E-state index in [0.717, 1.165) is 0 Å². The Hall–Kier alpha value is -3.11. The molecule has 0 aromatic rings. The van der Waals surface area contributed by atoms with Gasteiger partial charge >= 0.3 is 5.97 Å². The van der Waals surface area contributed by atoms with Gasteiger partial charge in [-0.15, -0.1) is 0 Å². The number of carbonyl (C=O) groups excluding carboxylic acids is 1. The summed E-state index contributed by atoms with van der Waals surface area (Å²) in [6.07, 6.45) is -39.3. The molecule has 31 nitrogen and oxygen atoms in total. The van der Waals surface area contributed by atoms with Gasteiger partial charge in [-0.3, -0.25) is 4.79 Å². The van der Waals surface area contributed by atoms with Crippen molar-refractivity contribution in [3.05, 3.63) is 35.2 Å². The van der Waals surface area contributed by atoms with E-state index in [9.17, 15) is 102 Å². The first kappa shape index (κ1) is 70.3. The van der Waals surface area contributed by atoms with Gasteiger partial charge in [0.05, 0.1) is 48.6 Å². The van der Waals surface area contributed by atoms with E-state index < -0.39 is 244 Å². The van der Waals surface area contributed by atoms with Crippen LogP contribution in [-0.2, 0) is 52.2 Å². The SMILES string of the molecule is C=C1C[C@@]23CCC4[C@](C)(C(=O)O[C@H](O)/C(O[C@@H]5OC(C)[C@H](O)C(O)C5O)=C(\O[C@H](O)/C(O)=C(\O)[C@H](O)CCO)[C@H](O)CCO)CCC[C@@]4(O[C@H]4C(O)[C@@H](O)C(C)O[C@H]4OC)[C@@H]2CC[C@]1(OCC(O[C@@H]1OC(CO)[C@@H](O)C(O)C1O)[C@H](O)C(O)CO)C3. The fourth-order valence-corrected chi connectivity index (χ4v) is 14.2. The molecule has 28 atom stereocenters. The van der Waals surface area contributed by atoms with Gasteiger partial charge in [0.25, 0.3) is 12.6 Å². The van der Waals surface area contributed by atoms with Crippen molar-refractivity contribution in [3.63, 3.8) is 0 Å². The number of aliphatic hydroxyl groups is 20. The van der Waals surface area contributed by atoms with Crippen LogP contribution in [0, 0.1) is 22.7 Å². The average molecular weight is 1250 g/mol. The molecule has 0 aromatic carbocycles. The Kier molecular flexibility index (Phi) is 23.4. The van der Waals surface area contributed by atoms with Crippen LogP contribution in [0.4, 0.5) is 0 Å². The molecule has 4 aliphatic carbocycles. The molecule has 1 spiro atoms. The van der Waals surface area contributed by atoms with Gasteiger partial charge in [-0.05, 0) is 95.5 Å². The van der Waals surface area contributed by atoms with E-state index in [2.05, 4.69) is 6.58 Å². The summed E-state index contributed by atoms with van der Waals surface area (Å²) < 4.78 is 59.9. The third-order valence-electron chi connectivity index (χ3n) is 18.9. The van der Waals surface area contributed by atoms with Gasteiger partial charge in [-0.25, -0.2) is 0 Å². The van der Waals surface area contributed by atoms with E-state index >= 15 is 4.79 Å². The van der Waals surface area contributed by atoms with Crippen molar-refractivity contribution < 1.29 is 154 Å². The average Bonchev–Trinajstić information content (AvgIpc) is 1.34. The van der Waals surface area contributed by atoms with Gasteiger partial charge in [0.2, 0.25) is 17.8 Å². The fourth-order valence-electron chi connectivity index (χ4n) is 14.2. The number of methoxy groups -OCH3 is 1. The Balaban J connectivity index is 1.26. The second-order valence-corrected chi connectivity index (χ2v) is 24.2. The highest BCUT2D eigenvalue weighted by Crippen LogP contribution is 2.72. The summed E-state index contributed by atoms with van der Waals surface area (Å²) in [6, 6.07) is 0. The lowest BCUT2D eigenvalue weighted by Gasteiger charge is -2.65. The van der Waals surface area contributed by atoms with Crippen LogP contribution in [0.15, 0.2) is 35.2 Å². The van der Waals surface area contributed by atoms with Crippen LogP contribution < -0.4 is 0 Å². The summed E-state index contributed by atoms with van der Waals surface area (Å²) in [6.45, 7) is 4.92. The molecular weight excluding hydrogens is 1160 g/mol. The van der Waals surface area contributed by atoms with Crippen LogP contribution in [0.2, 0.25) is 0 Å². The Morgan fingerprint density at radius 2 is 1.28 bits per heavy atom. The largest absolute Gasteiger partial charge is 0.506 e. The summed E-state index contributed by atoms with van der Waals surface area (Å²) in [7, 11) is 1.31. The number of carbonyl (C=O) groups is 1. The van der Waals surface area contributed by atoms with Crippen molar-refractivity contribution in [1.82, 2.24) is 0 Å². The first-order valence-electron chi connectivity index (χ1n) is 29.0. The number of esters is 1. The molecule has 496 valence electrons. The topological polar surface area (TPSA) is 514 Å². The number of rotatable bonds is 26. The zero-order valence-electron chi connectivity index (χ0n) is 48.3. The molecule has 0 aromatic heterocycles. The lowest BCUT2D eigenvalue weighted by Crippen LogP contribution is -2.69. The Bertz CT molecular complexity index is 2330. The molecule has 31 heteroatoms. The summed E-state index contributed by atoms with van der Waals surface area (Å²) in [4.78, 5) is 15.4. The van der Waals surface area contributed by atoms with Crippen LogP contribution >= 0.6 is 0 Å². The summed E-state index contributed by atoms with van der Waals surface area (Å²) >= 11 is 0. The van der Waals surface area contributed by atoms with Gasteiger partial charge in [-0.1, -0.05) is 6.58 Å². The van der Waals surface area contributed by atoms with Crippen molar-refractivity contribution in [3.8, 4) is 0 Å². The lowest BCUT2D eigenvalue weighted by molar-refractivity contribution is -0.348. The molecular formula is C55H90O31. The molecule has 7 rings (SSSR count). The highest BCUT2D eigenvalue weighted by atomic mass is 16.7. The molecule has 4 saturated carbocycles. The van der Waals surface area contributed by atoms with Crippen LogP contribution in [0.3, 0.4) is 0 Å². The molecule has 3 aliphatic heterocycles. The van der Waals surface area contributed by atoms with Crippen molar-refractivity contribution in [2.24, 2.45) is 22.7 Å². The second-order valence-electron chi connectivity index (χ2n) is 24.2. The first-order chi connectivity index (χ1) is 40.5. The van der Waals surface area contributed by atoms with Crippen LogP contribution in [0.5, 0.6) is 0 Å². The van der Waals surface area contributed by atoms with Gasteiger partial charge in [0.1, 0.15) is 91.6 Å².